The highest BCUT2D eigenvalue weighted by Gasteiger charge is 2.43. The summed E-state index contributed by atoms with van der Waals surface area (Å²) in [5.41, 5.74) is 0.970. The number of hydrogen-bond acceptors (Lipinski definition) is 3. The fourth-order valence-corrected chi connectivity index (χ4v) is 3.67. The molecule has 0 radical (unpaired) electrons. The lowest BCUT2D eigenvalue weighted by Gasteiger charge is -2.46. The molecule has 0 bridgehead atoms. The predicted molar refractivity (Wildman–Crippen MR) is 91.3 cm³/mol. The van der Waals surface area contributed by atoms with E-state index in [9.17, 15) is 9.59 Å². The number of hydrogen-bond donors (Lipinski definition) is 1. The summed E-state index contributed by atoms with van der Waals surface area (Å²) in [6.07, 6.45) is 6.62. The van der Waals surface area contributed by atoms with Crippen molar-refractivity contribution in [2.75, 3.05) is 20.2 Å². The molecule has 0 aromatic heterocycles. The van der Waals surface area contributed by atoms with Crippen LogP contribution in [0.2, 0.25) is 0 Å². The van der Waals surface area contributed by atoms with E-state index >= 15 is 0 Å². The summed E-state index contributed by atoms with van der Waals surface area (Å²) in [5, 5.41) is 3.01. The number of carbonyl (C=O) groups excluding carboxylic acids is 2. The fraction of sp³-hybridized carbons (Fsp3) is 0.474. The molecule has 1 N–H and O–H groups in total. The van der Waals surface area contributed by atoms with E-state index < -0.39 is 0 Å². The molecule has 24 heavy (non-hydrogen) atoms. The Bertz CT molecular complexity index is 641. The van der Waals surface area contributed by atoms with Crippen molar-refractivity contribution in [1.29, 1.82) is 0 Å². The third-order valence-corrected chi connectivity index (χ3v) is 5.03. The highest BCUT2D eigenvalue weighted by Crippen LogP contribution is 2.45. The molecular weight excluding hydrogens is 304 g/mol. The van der Waals surface area contributed by atoms with E-state index in [1.54, 1.807) is 4.90 Å². The monoisotopic (exact) mass is 328 g/mol. The number of fused-ring (bicyclic) bond motifs is 1. The smallest absolute Gasteiger partial charge is 0.257 e. The van der Waals surface area contributed by atoms with Crippen LogP contribution in [0.1, 0.15) is 32.1 Å². The van der Waals surface area contributed by atoms with Gasteiger partial charge in [0, 0.05) is 31.1 Å². The Morgan fingerprint density at radius 1 is 1.29 bits per heavy atom. The molecule has 0 spiro atoms. The minimum absolute atomic E-state index is 0.00785. The number of ether oxygens (including phenoxy) is 1. The number of carbonyl (C=O) groups is 2. The fourth-order valence-electron chi connectivity index (χ4n) is 3.67. The van der Waals surface area contributed by atoms with E-state index in [-0.39, 0.29) is 23.8 Å². The molecular formula is C19H24N2O3. The summed E-state index contributed by atoms with van der Waals surface area (Å²) >= 11 is 0. The molecule has 1 unspecified atom stereocenters. The second-order valence-corrected chi connectivity index (χ2v) is 6.59. The van der Waals surface area contributed by atoms with Gasteiger partial charge in [0.2, 0.25) is 5.91 Å². The summed E-state index contributed by atoms with van der Waals surface area (Å²) in [5.74, 6) is 0.724. The largest absolute Gasteiger partial charge is 0.484 e. The molecule has 5 heteroatoms. The van der Waals surface area contributed by atoms with Gasteiger partial charge in [0.15, 0.2) is 6.61 Å². The van der Waals surface area contributed by atoms with Crippen molar-refractivity contribution in [2.45, 2.75) is 32.1 Å². The first kappa shape index (κ1) is 16.6. The Morgan fingerprint density at radius 3 is 2.88 bits per heavy atom. The molecule has 1 aromatic rings. The van der Waals surface area contributed by atoms with E-state index in [4.69, 9.17) is 4.74 Å². The molecule has 0 saturated carbocycles. The van der Waals surface area contributed by atoms with Crippen molar-refractivity contribution >= 4 is 11.8 Å². The predicted octanol–water partition coefficient (Wildman–Crippen LogP) is 2.49. The van der Waals surface area contributed by atoms with Gasteiger partial charge in [-0.2, -0.15) is 0 Å². The third kappa shape index (κ3) is 3.45. The van der Waals surface area contributed by atoms with Crippen LogP contribution in [0.5, 0.6) is 5.75 Å². The first-order chi connectivity index (χ1) is 11.6. The maximum Gasteiger partial charge on any atom is 0.257 e. The zero-order chi connectivity index (χ0) is 17.0. The van der Waals surface area contributed by atoms with Crippen molar-refractivity contribution < 1.29 is 14.3 Å². The van der Waals surface area contributed by atoms with Crippen LogP contribution in [-0.4, -0.2) is 36.9 Å². The number of benzene rings is 1. The SMILES string of the molecule is CN1C(=O)CCC2(CNC(=O)COc3ccccc3)CCCC=C12. The van der Waals surface area contributed by atoms with Crippen molar-refractivity contribution in [3.63, 3.8) is 0 Å². The number of allylic oxidation sites excluding steroid dienone is 1. The summed E-state index contributed by atoms with van der Waals surface area (Å²) in [7, 11) is 1.84. The lowest BCUT2D eigenvalue weighted by atomic mass is 9.70. The van der Waals surface area contributed by atoms with Crippen LogP contribution < -0.4 is 10.1 Å². The third-order valence-electron chi connectivity index (χ3n) is 5.03. The Balaban J connectivity index is 1.58. The highest BCUT2D eigenvalue weighted by molar-refractivity contribution is 5.80. The molecule has 1 aliphatic carbocycles. The Kier molecular flexibility index (Phi) is 4.88. The molecule has 1 saturated heterocycles. The topological polar surface area (TPSA) is 58.6 Å². The number of likely N-dealkylation sites (tertiary alicyclic amines) is 1. The number of nitrogens with one attached hydrogen (secondary N) is 1. The van der Waals surface area contributed by atoms with Crippen molar-refractivity contribution in [1.82, 2.24) is 10.2 Å². The van der Waals surface area contributed by atoms with Crippen LogP contribution >= 0.6 is 0 Å². The van der Waals surface area contributed by atoms with Gasteiger partial charge in [-0.3, -0.25) is 9.59 Å². The Labute approximate surface area is 142 Å². The van der Waals surface area contributed by atoms with Crippen molar-refractivity contribution in [2.24, 2.45) is 5.41 Å². The van der Waals surface area contributed by atoms with Gasteiger partial charge in [-0.05, 0) is 37.8 Å². The van der Waals surface area contributed by atoms with Gasteiger partial charge in [0.25, 0.3) is 5.91 Å². The van der Waals surface area contributed by atoms with Crippen LogP contribution in [0.25, 0.3) is 0 Å². The van der Waals surface area contributed by atoms with E-state index in [1.807, 2.05) is 37.4 Å². The summed E-state index contributed by atoms with van der Waals surface area (Å²) in [4.78, 5) is 25.9. The van der Waals surface area contributed by atoms with Crippen LogP contribution in [0.3, 0.4) is 0 Å². The van der Waals surface area contributed by atoms with Crippen LogP contribution in [0.15, 0.2) is 42.1 Å². The molecule has 1 heterocycles. The normalized spacial score (nSPS) is 23.3. The average molecular weight is 328 g/mol. The van der Waals surface area contributed by atoms with Gasteiger partial charge in [-0.15, -0.1) is 0 Å². The molecule has 3 rings (SSSR count). The first-order valence-corrected chi connectivity index (χ1v) is 8.52. The van der Waals surface area contributed by atoms with E-state index in [2.05, 4.69) is 11.4 Å². The second-order valence-electron chi connectivity index (χ2n) is 6.59. The standard InChI is InChI=1S/C19H24N2O3/c1-21-16-9-5-6-11-19(16,12-10-18(21)23)14-20-17(22)13-24-15-7-3-2-4-8-15/h2-4,7-9H,5-6,10-14H2,1H3,(H,20,22). The van der Waals surface area contributed by atoms with Gasteiger partial charge in [-0.25, -0.2) is 0 Å². The first-order valence-electron chi connectivity index (χ1n) is 8.52. The van der Waals surface area contributed by atoms with Crippen LogP contribution in [0.4, 0.5) is 0 Å². The maximum absolute atomic E-state index is 12.1. The second kappa shape index (κ2) is 7.07. The zero-order valence-corrected chi connectivity index (χ0v) is 14.1. The minimum Gasteiger partial charge on any atom is -0.484 e. The molecule has 1 aromatic carbocycles. The minimum atomic E-state index is -0.127. The highest BCUT2D eigenvalue weighted by atomic mass is 16.5. The van der Waals surface area contributed by atoms with E-state index in [0.717, 1.165) is 31.4 Å². The quantitative estimate of drug-likeness (QED) is 0.903. The number of amides is 2. The summed E-state index contributed by atoms with van der Waals surface area (Å²) in [6.45, 7) is 0.571. The molecule has 1 aliphatic heterocycles. The molecule has 128 valence electrons. The Morgan fingerprint density at radius 2 is 2.08 bits per heavy atom. The summed E-state index contributed by atoms with van der Waals surface area (Å²) < 4.78 is 5.49. The number of piperidine rings is 1. The van der Waals surface area contributed by atoms with Gasteiger partial charge < -0.3 is 15.0 Å². The molecule has 1 fully saturated rings. The van der Waals surface area contributed by atoms with E-state index in [1.165, 1.54) is 0 Å². The number of nitrogens with zero attached hydrogens (tertiary/aromatic N) is 1. The summed E-state index contributed by atoms with van der Waals surface area (Å²) in [6, 6.07) is 9.32. The lowest BCUT2D eigenvalue weighted by molar-refractivity contribution is -0.132. The number of para-hydroxylation sites is 1. The van der Waals surface area contributed by atoms with Gasteiger partial charge in [0.1, 0.15) is 5.75 Å². The van der Waals surface area contributed by atoms with Crippen LogP contribution in [0, 0.1) is 5.41 Å². The zero-order valence-electron chi connectivity index (χ0n) is 14.1. The molecule has 1 atom stereocenters. The maximum atomic E-state index is 12.1. The number of rotatable bonds is 5. The van der Waals surface area contributed by atoms with E-state index in [0.29, 0.717) is 18.7 Å². The average Bonchev–Trinajstić information content (AvgIpc) is 2.63. The van der Waals surface area contributed by atoms with Gasteiger partial charge in [0.05, 0.1) is 0 Å². The Hall–Kier alpha value is -2.30. The van der Waals surface area contributed by atoms with Crippen LogP contribution in [-0.2, 0) is 9.59 Å². The lowest BCUT2D eigenvalue weighted by Crippen LogP contribution is -2.49. The molecule has 5 nitrogen and oxygen atoms in total. The van der Waals surface area contributed by atoms with Gasteiger partial charge >= 0.3 is 0 Å². The molecule has 2 aliphatic rings. The van der Waals surface area contributed by atoms with Crippen molar-refractivity contribution in [3.05, 3.63) is 42.1 Å². The molecule has 2 amide bonds. The van der Waals surface area contributed by atoms with Crippen molar-refractivity contribution in [3.8, 4) is 5.75 Å². The van der Waals surface area contributed by atoms with Gasteiger partial charge in [-0.1, -0.05) is 24.3 Å².